The Bertz CT molecular complexity index is 704. The van der Waals surface area contributed by atoms with E-state index in [-0.39, 0.29) is 24.4 Å². The van der Waals surface area contributed by atoms with Crippen molar-refractivity contribution < 1.29 is 22.6 Å². The zero-order chi connectivity index (χ0) is 13.7. The normalized spacial score (nSPS) is 12.3. The maximum absolute atomic E-state index is 14.0. The summed E-state index contributed by atoms with van der Waals surface area (Å²) in [6.45, 7) is 0. The van der Waals surface area contributed by atoms with Gasteiger partial charge in [-0.3, -0.25) is 0 Å². The molecule has 0 bridgehead atoms. The van der Waals surface area contributed by atoms with Gasteiger partial charge in [0, 0.05) is 0 Å². The second kappa shape index (κ2) is 4.69. The summed E-state index contributed by atoms with van der Waals surface area (Å²) >= 11 is 3.33. The zero-order valence-electron chi connectivity index (χ0n) is 8.94. The van der Waals surface area contributed by atoms with Gasteiger partial charge in [-0.15, -0.1) is 0 Å². The molecule has 0 atom stereocenters. The van der Waals surface area contributed by atoms with Gasteiger partial charge in [0.05, 0.1) is 7.14 Å². The lowest BCUT2D eigenvalue weighted by Crippen LogP contribution is -2.07. The maximum atomic E-state index is 14.0. The van der Waals surface area contributed by atoms with Crippen LogP contribution in [-0.4, -0.2) is 0 Å². The van der Waals surface area contributed by atoms with E-state index in [2.05, 4.69) is 0 Å². The largest absolute Gasteiger partial charge is 0.446 e. The Morgan fingerprint density at radius 1 is 0.789 bits per heavy atom. The highest BCUT2D eigenvalue weighted by molar-refractivity contribution is 14.1. The zero-order valence-corrected chi connectivity index (χ0v) is 13.3. The number of para-hydroxylation sites is 1. The van der Waals surface area contributed by atoms with Crippen molar-refractivity contribution in [1.29, 1.82) is 0 Å². The summed E-state index contributed by atoms with van der Waals surface area (Å²) in [5.74, 6) is -3.21. The van der Waals surface area contributed by atoms with E-state index in [4.69, 9.17) is 9.47 Å². The Morgan fingerprint density at radius 2 is 1.37 bits per heavy atom. The van der Waals surface area contributed by atoms with Crippen LogP contribution in [0.15, 0.2) is 18.2 Å². The van der Waals surface area contributed by atoms with Crippen LogP contribution in [0, 0.1) is 24.6 Å². The first-order chi connectivity index (χ1) is 9.00. The molecular formula is C12H3F3I2O2. The summed E-state index contributed by atoms with van der Waals surface area (Å²) in [6, 6.07) is 3.97. The molecule has 2 nitrogen and oxygen atoms in total. The summed E-state index contributed by atoms with van der Waals surface area (Å²) in [6.07, 6.45) is 0. The van der Waals surface area contributed by atoms with E-state index in [1.165, 1.54) is 12.1 Å². The Labute approximate surface area is 133 Å². The van der Waals surface area contributed by atoms with E-state index < -0.39 is 23.2 Å². The average Bonchev–Trinajstić information content (AvgIpc) is 2.42. The number of benzene rings is 2. The molecular weight excluding hydrogens is 487 g/mol. The summed E-state index contributed by atoms with van der Waals surface area (Å²) < 4.78 is 52.2. The van der Waals surface area contributed by atoms with Crippen LogP contribution >= 0.6 is 45.2 Å². The fourth-order valence-electron chi connectivity index (χ4n) is 1.65. The number of hydrogen-bond acceptors (Lipinski definition) is 2. The second-order valence-electron chi connectivity index (χ2n) is 3.69. The molecule has 7 heteroatoms. The van der Waals surface area contributed by atoms with Gasteiger partial charge < -0.3 is 9.47 Å². The minimum atomic E-state index is -0.768. The van der Waals surface area contributed by atoms with Gasteiger partial charge in [-0.05, 0) is 57.3 Å². The number of halogens is 5. The molecule has 2 aromatic rings. The molecule has 0 saturated heterocycles. The van der Waals surface area contributed by atoms with Crippen molar-refractivity contribution >= 4 is 45.2 Å². The van der Waals surface area contributed by atoms with Crippen LogP contribution in [0.3, 0.4) is 0 Å². The first-order valence-electron chi connectivity index (χ1n) is 5.01. The lowest BCUT2D eigenvalue weighted by molar-refractivity contribution is 0.311. The van der Waals surface area contributed by atoms with Crippen molar-refractivity contribution in [1.82, 2.24) is 0 Å². The summed E-state index contributed by atoms with van der Waals surface area (Å²) in [4.78, 5) is 0. The van der Waals surface area contributed by atoms with Gasteiger partial charge in [0.2, 0.25) is 17.2 Å². The monoisotopic (exact) mass is 490 g/mol. The maximum Gasteiger partial charge on any atom is 0.210 e. The van der Waals surface area contributed by atoms with Crippen molar-refractivity contribution in [2.75, 3.05) is 0 Å². The number of rotatable bonds is 0. The van der Waals surface area contributed by atoms with Crippen LogP contribution in [0.4, 0.5) is 13.2 Å². The van der Waals surface area contributed by atoms with Crippen molar-refractivity contribution in [2.24, 2.45) is 0 Å². The number of ether oxygens (including phenoxy) is 2. The van der Waals surface area contributed by atoms with Crippen LogP contribution < -0.4 is 9.47 Å². The minimum Gasteiger partial charge on any atom is -0.446 e. The molecule has 2 aromatic carbocycles. The quantitative estimate of drug-likeness (QED) is 0.245. The molecule has 0 aliphatic carbocycles. The van der Waals surface area contributed by atoms with Crippen molar-refractivity contribution in [3.8, 4) is 23.0 Å². The molecule has 0 spiro atoms. The summed E-state index contributed by atoms with van der Waals surface area (Å²) in [5.41, 5.74) is 0. The third-order valence-electron chi connectivity index (χ3n) is 2.53. The Hall–Kier alpha value is -0.710. The van der Waals surface area contributed by atoms with E-state index >= 15 is 0 Å². The first-order valence-corrected chi connectivity index (χ1v) is 7.16. The van der Waals surface area contributed by atoms with Gasteiger partial charge in [-0.1, -0.05) is 6.07 Å². The van der Waals surface area contributed by atoms with E-state index in [1.807, 2.05) is 0 Å². The third kappa shape index (κ3) is 1.97. The minimum absolute atomic E-state index is 0.0165. The van der Waals surface area contributed by atoms with Crippen molar-refractivity contribution in [2.45, 2.75) is 0 Å². The van der Waals surface area contributed by atoms with E-state index in [0.29, 0.717) is 0 Å². The molecule has 0 amide bonds. The highest BCUT2D eigenvalue weighted by Crippen LogP contribution is 2.50. The molecule has 98 valence electrons. The van der Waals surface area contributed by atoms with Gasteiger partial charge in [-0.2, -0.15) is 0 Å². The van der Waals surface area contributed by atoms with Gasteiger partial charge in [0.15, 0.2) is 23.2 Å². The molecule has 0 fully saturated rings. The van der Waals surface area contributed by atoms with Crippen molar-refractivity contribution in [3.05, 3.63) is 42.8 Å². The SMILES string of the molecule is Fc1cccc2c1Oc1c(F)c(I)c(I)c(F)c1O2. The molecule has 0 unspecified atom stereocenters. The van der Waals surface area contributed by atoms with Crippen LogP contribution in [0.25, 0.3) is 0 Å². The fourth-order valence-corrected chi connectivity index (χ4v) is 2.62. The van der Waals surface area contributed by atoms with Gasteiger partial charge in [-0.25, -0.2) is 13.2 Å². The molecule has 1 aliphatic heterocycles. The van der Waals surface area contributed by atoms with Crippen LogP contribution in [0.5, 0.6) is 23.0 Å². The molecule has 3 rings (SSSR count). The van der Waals surface area contributed by atoms with Crippen LogP contribution in [-0.2, 0) is 0 Å². The highest BCUT2D eigenvalue weighted by atomic mass is 127. The standard InChI is InChI=1S/C12H3F3I2O2/c13-4-2-1-3-5-10(4)19-12-7(15)9(17)8(16)6(14)11(12)18-5/h1-3H. The van der Waals surface area contributed by atoms with Crippen LogP contribution in [0.1, 0.15) is 0 Å². The Balaban J connectivity index is 2.26. The molecule has 19 heavy (non-hydrogen) atoms. The first kappa shape index (κ1) is 13.3. The van der Waals surface area contributed by atoms with Crippen LogP contribution in [0.2, 0.25) is 0 Å². The molecule has 1 heterocycles. The number of fused-ring (bicyclic) bond motifs is 2. The number of hydrogen-bond donors (Lipinski definition) is 0. The van der Waals surface area contributed by atoms with Gasteiger partial charge in [0.25, 0.3) is 0 Å². The van der Waals surface area contributed by atoms with E-state index in [0.717, 1.165) is 6.07 Å². The van der Waals surface area contributed by atoms with Gasteiger partial charge in [0.1, 0.15) is 0 Å². The average molecular weight is 490 g/mol. The summed E-state index contributed by atoms with van der Waals surface area (Å²) in [5, 5.41) is 0. The predicted octanol–water partition coefficient (Wildman–Crippen LogP) is 5.21. The van der Waals surface area contributed by atoms with Crippen molar-refractivity contribution in [3.63, 3.8) is 0 Å². The third-order valence-corrected chi connectivity index (χ3v) is 5.59. The molecule has 0 saturated carbocycles. The molecule has 0 radical (unpaired) electrons. The molecule has 0 aromatic heterocycles. The van der Waals surface area contributed by atoms with Gasteiger partial charge >= 0.3 is 0 Å². The smallest absolute Gasteiger partial charge is 0.210 e. The topological polar surface area (TPSA) is 18.5 Å². The lowest BCUT2D eigenvalue weighted by Gasteiger charge is -2.22. The Kier molecular flexibility index (Phi) is 3.28. The van der Waals surface area contributed by atoms with E-state index in [9.17, 15) is 13.2 Å². The fraction of sp³-hybridized carbons (Fsp3) is 0. The molecule has 0 N–H and O–H groups in total. The molecule has 1 aliphatic rings. The second-order valence-corrected chi connectivity index (χ2v) is 5.84. The van der Waals surface area contributed by atoms with E-state index in [1.54, 1.807) is 45.2 Å². The highest BCUT2D eigenvalue weighted by Gasteiger charge is 2.31. The lowest BCUT2D eigenvalue weighted by atomic mass is 10.2. The predicted molar refractivity (Wildman–Crippen MR) is 78.3 cm³/mol. The Morgan fingerprint density at radius 3 is 2.00 bits per heavy atom. The summed E-state index contributed by atoms with van der Waals surface area (Å²) in [7, 11) is 0.